The molecule has 13 heteroatoms. The largest absolute Gasteiger partial charge is 0.414 e. The van der Waals surface area contributed by atoms with Gasteiger partial charge in [0.2, 0.25) is 11.8 Å². The Labute approximate surface area is 406 Å². The Morgan fingerprint density at radius 2 is 1.18 bits per heavy atom. The molecular formula is C54H55N3O7S2Si. The molecule has 1 fully saturated rings. The van der Waals surface area contributed by atoms with Crippen LogP contribution in [0, 0.1) is 0 Å². The van der Waals surface area contributed by atoms with Crippen molar-refractivity contribution < 1.29 is 33.4 Å². The number of rotatable bonds is 13. The van der Waals surface area contributed by atoms with Crippen LogP contribution in [-0.2, 0) is 38.8 Å². The summed E-state index contributed by atoms with van der Waals surface area (Å²) >= 11 is 9.30. The van der Waals surface area contributed by atoms with Gasteiger partial charge >= 0.3 is 5.97 Å². The molecule has 3 amide bonds. The summed E-state index contributed by atoms with van der Waals surface area (Å²) < 4.78 is 6.12. The van der Waals surface area contributed by atoms with E-state index in [9.17, 15) is 19.2 Å². The summed E-state index contributed by atoms with van der Waals surface area (Å²) in [7, 11) is 0.0385. The van der Waals surface area contributed by atoms with Crippen molar-refractivity contribution in [3.63, 3.8) is 0 Å². The topological polar surface area (TPSA) is 132 Å². The first-order valence-electron chi connectivity index (χ1n) is 22.3. The van der Waals surface area contributed by atoms with Crippen molar-refractivity contribution in [1.29, 1.82) is 0 Å². The fourth-order valence-electron chi connectivity index (χ4n) is 9.06. The number of amides is 3. The minimum absolute atomic E-state index is 0.0385. The molecule has 0 aliphatic carbocycles. The highest BCUT2D eigenvalue weighted by Gasteiger charge is 2.51. The van der Waals surface area contributed by atoms with Gasteiger partial charge in [0.05, 0.1) is 18.4 Å². The van der Waals surface area contributed by atoms with Gasteiger partial charge in [-0.05, 0) is 63.1 Å². The quantitative estimate of drug-likeness (QED) is 0.0368. The van der Waals surface area contributed by atoms with Gasteiger partial charge in [-0.15, -0.1) is 0 Å². The minimum Gasteiger partial charge on any atom is -0.414 e. The van der Waals surface area contributed by atoms with E-state index in [0.29, 0.717) is 23.3 Å². The third-order valence-electron chi connectivity index (χ3n) is 12.1. The molecule has 1 heterocycles. The highest BCUT2D eigenvalue weighted by Crippen LogP contribution is 2.43. The molecule has 6 aromatic rings. The molecule has 344 valence electrons. The maximum Gasteiger partial charge on any atom is 0.342 e. The van der Waals surface area contributed by atoms with Gasteiger partial charge < -0.3 is 20.4 Å². The molecular weight excluding hydrogens is 895 g/mol. The third kappa shape index (κ3) is 11.0. The van der Waals surface area contributed by atoms with Crippen LogP contribution in [0.5, 0.6) is 0 Å². The Morgan fingerprint density at radius 3 is 1.66 bits per heavy atom. The second kappa shape index (κ2) is 23.5. The summed E-state index contributed by atoms with van der Waals surface area (Å²) in [5, 5.41) is 8.79. The Bertz CT molecular complexity index is 2460. The monoisotopic (exact) mass is 949 g/mol. The molecule has 0 saturated carbocycles. The summed E-state index contributed by atoms with van der Waals surface area (Å²) in [5.74, 6) is -2.36. The van der Waals surface area contributed by atoms with Gasteiger partial charge in [0.25, 0.3) is 5.91 Å². The lowest BCUT2D eigenvalue weighted by atomic mass is 9.64. The maximum atomic E-state index is 14.7. The van der Waals surface area contributed by atoms with Crippen molar-refractivity contribution in [1.82, 2.24) is 16.0 Å². The number of allylic oxidation sites excluding steroid dienone is 1. The molecule has 0 spiro atoms. The molecule has 1 aliphatic rings. The van der Waals surface area contributed by atoms with E-state index in [4.69, 9.17) is 26.8 Å². The molecule has 1 aliphatic heterocycles. The van der Waals surface area contributed by atoms with Crippen LogP contribution in [-0.4, -0.2) is 76.5 Å². The molecule has 3 atom stereocenters. The number of nitrogens with one attached hydrogen (secondary N) is 3. The van der Waals surface area contributed by atoms with Crippen molar-refractivity contribution in [2.75, 3.05) is 24.6 Å². The van der Waals surface area contributed by atoms with Crippen LogP contribution in [0.4, 0.5) is 0 Å². The van der Waals surface area contributed by atoms with Crippen LogP contribution in [0.3, 0.4) is 0 Å². The Hall–Kier alpha value is -6.22. The third-order valence-corrected chi connectivity index (χ3v) is 13.3. The van der Waals surface area contributed by atoms with Gasteiger partial charge in [-0.3, -0.25) is 19.3 Å². The lowest BCUT2D eigenvalue weighted by molar-refractivity contribution is -0.323. The molecule has 10 nitrogen and oxygen atoms in total. The molecule has 7 rings (SSSR count). The number of benzene rings is 6. The van der Waals surface area contributed by atoms with Crippen LogP contribution >= 0.6 is 25.3 Å². The maximum absolute atomic E-state index is 14.7. The number of hydrogen-bond acceptors (Lipinski definition) is 9. The Kier molecular flexibility index (Phi) is 17.1. The zero-order valence-electron chi connectivity index (χ0n) is 37.3. The number of hydrogen-bond donors (Lipinski definition) is 5. The summed E-state index contributed by atoms with van der Waals surface area (Å²) in [5.41, 5.74) is 3.61. The van der Waals surface area contributed by atoms with Crippen LogP contribution in [0.2, 0.25) is 0 Å². The van der Waals surface area contributed by atoms with Crippen LogP contribution in [0.25, 0.3) is 5.57 Å². The van der Waals surface area contributed by atoms with Crippen LogP contribution in [0.1, 0.15) is 64.1 Å². The Balaban J connectivity index is 1.27. The highest BCUT2D eigenvalue weighted by molar-refractivity contribution is 7.80. The van der Waals surface area contributed by atoms with E-state index < -0.39 is 53.4 Å². The predicted octanol–water partition coefficient (Wildman–Crippen LogP) is 6.92. The molecule has 3 N–H and O–H groups in total. The SMILES string of the molecule is O=C1CNC(=O)C(O[SiH3])C(CS)(/C(=C/CCS)c2ccc(C(c3ccccc3)c3ccccc3)cc2)OOC(=O)CCCNC(=O)C(C(c2ccccc2)(c2ccccc2)c2ccccc2)N1. The fraction of sp³-hybridized carbons (Fsp3) is 0.222. The zero-order valence-corrected chi connectivity index (χ0v) is 41.0. The van der Waals surface area contributed by atoms with Crippen molar-refractivity contribution in [3.8, 4) is 0 Å². The zero-order chi connectivity index (χ0) is 47.1. The first-order valence-corrected chi connectivity index (χ1v) is 24.4. The molecule has 0 bridgehead atoms. The van der Waals surface area contributed by atoms with E-state index in [-0.39, 0.29) is 41.5 Å². The van der Waals surface area contributed by atoms with Gasteiger partial charge in [-0.2, -0.15) is 30.1 Å². The average molecular weight is 950 g/mol. The number of carbonyl (C=O) groups is 4. The minimum atomic E-state index is -1.80. The first kappa shape index (κ1) is 48.7. The standard InChI is InChI=1S/C54H55N3O7S2Si/c58-46-36-56-52(61)50(63-67)53(37-66,45(28-17-35-65)38-30-32-41(33-31-38)48(39-18-6-1-7-19-39)40-20-8-2-9-21-40)64-62-47(59)29-16-34-55-51(60)49(57-46)54(42-22-10-3-11-23-42,43-24-12-4-13-25-43)44-26-14-5-15-27-44/h1-15,18-28,30-33,48-50,65-66H,16-17,29,34-37H2,67H3,(H,55,60)(H,56,61)(H,57,58)/b45-28+. The lowest BCUT2D eigenvalue weighted by Gasteiger charge is -2.42. The van der Waals surface area contributed by atoms with Gasteiger partial charge in [-0.25, -0.2) is 4.79 Å². The van der Waals surface area contributed by atoms with Crippen molar-refractivity contribution >= 4 is 65.0 Å². The number of carbonyl (C=O) groups excluding carboxylic acids is 4. The van der Waals surface area contributed by atoms with E-state index in [1.54, 1.807) is 0 Å². The summed E-state index contributed by atoms with van der Waals surface area (Å²) in [6, 6.07) is 55.8. The summed E-state index contributed by atoms with van der Waals surface area (Å²) in [6.07, 6.45) is 0.916. The number of thiol groups is 2. The molecule has 0 radical (unpaired) electrons. The van der Waals surface area contributed by atoms with Gasteiger partial charge in [0.15, 0.2) is 11.7 Å². The van der Waals surface area contributed by atoms with Crippen molar-refractivity contribution in [3.05, 3.63) is 221 Å². The van der Waals surface area contributed by atoms with Crippen molar-refractivity contribution in [2.45, 2.75) is 48.3 Å². The summed E-state index contributed by atoms with van der Waals surface area (Å²) in [6.45, 7) is -0.465. The van der Waals surface area contributed by atoms with Crippen LogP contribution in [0.15, 0.2) is 182 Å². The molecule has 6 aromatic carbocycles. The smallest absolute Gasteiger partial charge is 0.342 e. The highest BCUT2D eigenvalue weighted by atomic mass is 32.1. The van der Waals surface area contributed by atoms with Crippen molar-refractivity contribution in [2.24, 2.45) is 0 Å². The summed E-state index contributed by atoms with van der Waals surface area (Å²) in [4.78, 5) is 69.1. The first-order chi connectivity index (χ1) is 32.8. The van der Waals surface area contributed by atoms with E-state index in [2.05, 4.69) is 52.8 Å². The average Bonchev–Trinajstić information content (AvgIpc) is 3.38. The van der Waals surface area contributed by atoms with Crippen LogP contribution < -0.4 is 16.0 Å². The van der Waals surface area contributed by atoms with E-state index in [1.165, 1.54) is 0 Å². The molecule has 0 aromatic heterocycles. The second-order valence-corrected chi connectivity index (χ2v) is 17.5. The molecule has 1 saturated heterocycles. The van der Waals surface area contributed by atoms with Gasteiger partial charge in [-0.1, -0.05) is 182 Å². The normalized spacial score (nSPS) is 19.2. The van der Waals surface area contributed by atoms with Gasteiger partial charge in [0.1, 0.15) is 16.5 Å². The molecule has 3 unspecified atom stereocenters. The predicted molar refractivity (Wildman–Crippen MR) is 272 cm³/mol. The van der Waals surface area contributed by atoms with E-state index >= 15 is 0 Å². The van der Waals surface area contributed by atoms with Gasteiger partial charge in [0, 0.05) is 18.2 Å². The lowest BCUT2D eigenvalue weighted by Crippen LogP contribution is -2.61. The fourth-order valence-corrected chi connectivity index (χ4v) is 10.2. The Morgan fingerprint density at radius 1 is 0.687 bits per heavy atom. The van der Waals surface area contributed by atoms with E-state index in [0.717, 1.165) is 33.4 Å². The van der Waals surface area contributed by atoms with E-state index in [1.807, 2.05) is 158 Å². The second-order valence-electron chi connectivity index (χ2n) is 16.2. The molecule has 67 heavy (non-hydrogen) atoms.